The highest BCUT2D eigenvalue weighted by Crippen LogP contribution is 2.31. The van der Waals surface area contributed by atoms with Crippen molar-refractivity contribution < 1.29 is 4.79 Å². The van der Waals surface area contributed by atoms with Crippen LogP contribution in [0.25, 0.3) is 0 Å². The lowest BCUT2D eigenvalue weighted by atomic mass is 9.97. The number of nitrogens with two attached hydrogens (primary N) is 1. The minimum atomic E-state index is 0.0633. The number of benzene rings is 2. The number of nitrogen functional groups attached to an aromatic ring is 1. The van der Waals surface area contributed by atoms with Crippen molar-refractivity contribution in [1.29, 1.82) is 0 Å². The summed E-state index contributed by atoms with van der Waals surface area (Å²) in [5.41, 5.74) is 11.7. The molecule has 0 radical (unpaired) electrons. The number of para-hydroxylation sites is 1. The van der Waals surface area contributed by atoms with Crippen molar-refractivity contribution in [3.63, 3.8) is 0 Å². The number of carbonyl (C=O) groups excluding carboxylic acids is 1. The number of amides is 1. The van der Waals surface area contributed by atoms with Gasteiger partial charge in [0.25, 0.3) is 5.91 Å². The zero-order valence-electron chi connectivity index (χ0n) is 12.5. The summed E-state index contributed by atoms with van der Waals surface area (Å²) < 4.78 is 0. The fraction of sp³-hybridized carbons (Fsp3) is 0.278. The molecule has 0 bridgehead atoms. The third-order valence-electron chi connectivity index (χ3n) is 4.18. The van der Waals surface area contributed by atoms with Crippen molar-refractivity contribution in [2.24, 2.45) is 0 Å². The molecule has 3 rings (SSSR count). The van der Waals surface area contributed by atoms with Gasteiger partial charge in [0.2, 0.25) is 0 Å². The molecular weight excluding hydrogens is 260 g/mol. The van der Waals surface area contributed by atoms with E-state index in [-0.39, 0.29) is 5.91 Å². The number of hydrogen-bond donors (Lipinski definition) is 1. The molecule has 1 aliphatic rings. The van der Waals surface area contributed by atoms with Crippen LogP contribution in [0.3, 0.4) is 0 Å². The zero-order chi connectivity index (χ0) is 15.0. The van der Waals surface area contributed by atoms with E-state index in [1.165, 1.54) is 5.56 Å². The average molecular weight is 280 g/mol. The molecule has 0 unspecified atom stereocenters. The molecule has 0 aliphatic carbocycles. The largest absolute Gasteiger partial charge is 0.399 e. The molecule has 3 nitrogen and oxygen atoms in total. The van der Waals surface area contributed by atoms with Crippen LogP contribution in [0.2, 0.25) is 0 Å². The molecular formula is C18H20N2O. The second kappa shape index (κ2) is 5.24. The Hall–Kier alpha value is -2.29. The second-order valence-electron chi connectivity index (χ2n) is 5.71. The molecule has 0 fully saturated rings. The normalized spacial score (nSPS) is 13.9. The maximum absolute atomic E-state index is 12.9. The van der Waals surface area contributed by atoms with Crippen LogP contribution < -0.4 is 10.6 Å². The summed E-state index contributed by atoms with van der Waals surface area (Å²) in [6.45, 7) is 4.78. The van der Waals surface area contributed by atoms with Crippen LogP contribution in [0.4, 0.5) is 11.4 Å². The summed E-state index contributed by atoms with van der Waals surface area (Å²) in [4.78, 5) is 14.8. The number of aryl methyl sites for hydroxylation is 3. The van der Waals surface area contributed by atoms with Gasteiger partial charge in [-0.1, -0.05) is 18.2 Å². The molecule has 108 valence electrons. The Labute approximate surface area is 125 Å². The Morgan fingerprint density at radius 2 is 1.95 bits per heavy atom. The summed E-state index contributed by atoms with van der Waals surface area (Å²) in [7, 11) is 0. The van der Waals surface area contributed by atoms with E-state index in [1.807, 2.05) is 30.0 Å². The first kappa shape index (κ1) is 13.7. The first-order valence-electron chi connectivity index (χ1n) is 7.34. The Kier molecular flexibility index (Phi) is 3.42. The van der Waals surface area contributed by atoms with Gasteiger partial charge in [-0.2, -0.15) is 0 Å². The van der Waals surface area contributed by atoms with E-state index in [1.54, 1.807) is 0 Å². The molecule has 2 N–H and O–H groups in total. The van der Waals surface area contributed by atoms with E-state index >= 15 is 0 Å². The van der Waals surface area contributed by atoms with Gasteiger partial charge in [0.15, 0.2) is 0 Å². The molecule has 21 heavy (non-hydrogen) atoms. The predicted molar refractivity (Wildman–Crippen MR) is 86.8 cm³/mol. The van der Waals surface area contributed by atoms with Crippen LogP contribution in [0, 0.1) is 13.8 Å². The van der Waals surface area contributed by atoms with E-state index < -0.39 is 0 Å². The molecule has 0 spiro atoms. The maximum Gasteiger partial charge on any atom is 0.258 e. The number of hydrogen-bond acceptors (Lipinski definition) is 2. The lowest BCUT2D eigenvalue weighted by molar-refractivity contribution is 0.0985. The van der Waals surface area contributed by atoms with E-state index in [0.29, 0.717) is 5.56 Å². The predicted octanol–water partition coefficient (Wildman–Crippen LogP) is 3.48. The fourth-order valence-corrected chi connectivity index (χ4v) is 3.01. The molecule has 2 aromatic rings. The van der Waals surface area contributed by atoms with Gasteiger partial charge in [-0.3, -0.25) is 4.79 Å². The summed E-state index contributed by atoms with van der Waals surface area (Å²) in [6.07, 6.45) is 2.05. The van der Waals surface area contributed by atoms with Crippen LogP contribution in [0.1, 0.15) is 33.5 Å². The van der Waals surface area contributed by atoms with Gasteiger partial charge in [0.1, 0.15) is 0 Å². The summed E-state index contributed by atoms with van der Waals surface area (Å²) in [6, 6.07) is 11.8. The van der Waals surface area contributed by atoms with Gasteiger partial charge in [-0.15, -0.1) is 0 Å². The molecule has 0 aromatic heterocycles. The Morgan fingerprint density at radius 3 is 2.71 bits per heavy atom. The standard InChI is InChI=1S/C18H20N2O/c1-12-5-3-6-14-7-4-10-20(17(12)14)18(21)15-8-9-16(19)13(2)11-15/h3,5-6,8-9,11H,4,7,10,19H2,1-2H3. The smallest absolute Gasteiger partial charge is 0.258 e. The van der Waals surface area contributed by atoms with E-state index in [0.717, 1.165) is 41.9 Å². The molecule has 1 amide bonds. The van der Waals surface area contributed by atoms with Gasteiger partial charge in [0.05, 0.1) is 5.69 Å². The third-order valence-corrected chi connectivity index (χ3v) is 4.18. The van der Waals surface area contributed by atoms with Crippen LogP contribution >= 0.6 is 0 Å². The Bertz CT molecular complexity index is 706. The van der Waals surface area contributed by atoms with Crippen molar-refractivity contribution in [3.05, 3.63) is 58.7 Å². The van der Waals surface area contributed by atoms with Crippen LogP contribution in [-0.4, -0.2) is 12.5 Å². The lowest BCUT2D eigenvalue weighted by Gasteiger charge is -2.31. The Morgan fingerprint density at radius 1 is 1.14 bits per heavy atom. The number of fused-ring (bicyclic) bond motifs is 1. The van der Waals surface area contributed by atoms with Gasteiger partial charge < -0.3 is 10.6 Å². The second-order valence-corrected chi connectivity index (χ2v) is 5.71. The SMILES string of the molecule is Cc1cc(C(=O)N2CCCc3cccc(C)c32)ccc1N. The number of nitrogens with zero attached hydrogens (tertiary/aromatic N) is 1. The molecule has 1 aliphatic heterocycles. The summed E-state index contributed by atoms with van der Waals surface area (Å²) >= 11 is 0. The van der Waals surface area contributed by atoms with Gasteiger partial charge >= 0.3 is 0 Å². The first-order chi connectivity index (χ1) is 10.1. The van der Waals surface area contributed by atoms with Crippen molar-refractivity contribution in [3.8, 4) is 0 Å². The van der Waals surface area contributed by atoms with Gasteiger partial charge in [0, 0.05) is 17.8 Å². The number of anilines is 2. The molecule has 0 saturated heterocycles. The first-order valence-corrected chi connectivity index (χ1v) is 7.34. The van der Waals surface area contributed by atoms with Crippen molar-refractivity contribution in [1.82, 2.24) is 0 Å². The van der Waals surface area contributed by atoms with Crippen molar-refractivity contribution in [2.75, 3.05) is 17.2 Å². The highest BCUT2D eigenvalue weighted by molar-refractivity contribution is 6.07. The maximum atomic E-state index is 12.9. The molecule has 2 aromatic carbocycles. The highest BCUT2D eigenvalue weighted by atomic mass is 16.2. The Balaban J connectivity index is 2.02. The van der Waals surface area contributed by atoms with Crippen LogP contribution in [-0.2, 0) is 6.42 Å². The van der Waals surface area contributed by atoms with E-state index in [2.05, 4.69) is 25.1 Å². The van der Waals surface area contributed by atoms with Crippen molar-refractivity contribution in [2.45, 2.75) is 26.7 Å². The van der Waals surface area contributed by atoms with Crippen molar-refractivity contribution >= 4 is 17.3 Å². The summed E-state index contributed by atoms with van der Waals surface area (Å²) in [5, 5.41) is 0. The fourth-order valence-electron chi connectivity index (χ4n) is 3.01. The van der Waals surface area contributed by atoms with Crippen LogP contribution in [0.15, 0.2) is 36.4 Å². The molecule has 0 atom stereocenters. The average Bonchev–Trinajstić information content (AvgIpc) is 2.49. The minimum absolute atomic E-state index is 0.0633. The molecule has 0 saturated carbocycles. The zero-order valence-corrected chi connectivity index (χ0v) is 12.5. The molecule has 1 heterocycles. The van der Waals surface area contributed by atoms with E-state index in [4.69, 9.17) is 5.73 Å². The van der Waals surface area contributed by atoms with Crippen LogP contribution in [0.5, 0.6) is 0 Å². The topological polar surface area (TPSA) is 46.3 Å². The lowest BCUT2D eigenvalue weighted by Crippen LogP contribution is -2.36. The number of carbonyl (C=O) groups is 1. The monoisotopic (exact) mass is 280 g/mol. The van der Waals surface area contributed by atoms with E-state index in [9.17, 15) is 4.79 Å². The summed E-state index contributed by atoms with van der Waals surface area (Å²) in [5.74, 6) is 0.0633. The minimum Gasteiger partial charge on any atom is -0.399 e. The van der Waals surface area contributed by atoms with Gasteiger partial charge in [-0.25, -0.2) is 0 Å². The molecule has 3 heteroatoms. The third kappa shape index (κ3) is 2.40. The quantitative estimate of drug-likeness (QED) is 0.813. The number of rotatable bonds is 1. The highest BCUT2D eigenvalue weighted by Gasteiger charge is 2.25. The van der Waals surface area contributed by atoms with Gasteiger partial charge in [-0.05, 0) is 61.6 Å².